The lowest BCUT2D eigenvalue weighted by atomic mass is 10.1. The molecule has 0 saturated carbocycles. The minimum Gasteiger partial charge on any atom is -0.391 e. The van der Waals surface area contributed by atoms with Gasteiger partial charge in [-0.15, -0.1) is 0 Å². The third-order valence-corrected chi connectivity index (χ3v) is 3.49. The fraction of sp³-hybridized carbons (Fsp3) is 0.357. The lowest BCUT2D eigenvalue weighted by Crippen LogP contribution is -2.42. The first kappa shape index (κ1) is 11.3. The number of carbonyl (C=O) groups excluding carboxylic acids is 1. The third-order valence-electron chi connectivity index (χ3n) is 3.49. The highest BCUT2D eigenvalue weighted by Crippen LogP contribution is 2.18. The number of aliphatic hydroxyl groups is 1. The second-order valence-corrected chi connectivity index (χ2v) is 4.83. The van der Waals surface area contributed by atoms with E-state index in [-0.39, 0.29) is 12.0 Å². The van der Waals surface area contributed by atoms with Crippen LogP contribution in [0.2, 0.25) is 0 Å². The van der Waals surface area contributed by atoms with E-state index < -0.39 is 0 Å². The van der Waals surface area contributed by atoms with Gasteiger partial charge in [0.15, 0.2) is 0 Å². The molecule has 0 bridgehead atoms. The highest BCUT2D eigenvalue weighted by Gasteiger charge is 2.23. The van der Waals surface area contributed by atoms with Crippen LogP contribution in [-0.4, -0.2) is 40.1 Å². The van der Waals surface area contributed by atoms with Gasteiger partial charge in [0.2, 0.25) is 0 Å². The number of rotatable bonds is 1. The predicted octanol–water partition coefficient (Wildman–Crippen LogP) is 1.76. The molecule has 1 aromatic carbocycles. The molecule has 1 aliphatic rings. The fourth-order valence-electron chi connectivity index (χ4n) is 2.50. The number of nitrogens with one attached hydrogen (secondary N) is 1. The normalized spacial score (nSPS) is 20.3. The second kappa shape index (κ2) is 4.46. The molecule has 1 amide bonds. The molecule has 1 unspecified atom stereocenters. The molecule has 2 heterocycles. The molecule has 94 valence electrons. The van der Waals surface area contributed by atoms with Crippen molar-refractivity contribution in [3.8, 4) is 0 Å². The predicted molar refractivity (Wildman–Crippen MR) is 69.4 cm³/mol. The number of piperidine rings is 1. The van der Waals surface area contributed by atoms with Gasteiger partial charge in [-0.25, -0.2) is 0 Å². The van der Waals surface area contributed by atoms with E-state index in [0.717, 1.165) is 30.3 Å². The zero-order valence-electron chi connectivity index (χ0n) is 10.1. The molecule has 1 fully saturated rings. The Morgan fingerprint density at radius 3 is 3.11 bits per heavy atom. The summed E-state index contributed by atoms with van der Waals surface area (Å²) in [6.07, 6.45) is 3.15. The van der Waals surface area contributed by atoms with Gasteiger partial charge >= 0.3 is 0 Å². The van der Waals surface area contributed by atoms with Crippen LogP contribution < -0.4 is 0 Å². The summed E-state index contributed by atoms with van der Waals surface area (Å²) in [4.78, 5) is 17.2. The Kier molecular flexibility index (Phi) is 2.80. The molecule has 3 rings (SSSR count). The highest BCUT2D eigenvalue weighted by atomic mass is 16.3. The number of aromatic nitrogens is 1. The van der Waals surface area contributed by atoms with Gasteiger partial charge in [-0.3, -0.25) is 4.79 Å². The van der Waals surface area contributed by atoms with E-state index in [1.165, 1.54) is 0 Å². The molecule has 0 radical (unpaired) electrons. The number of hydrogen-bond donors (Lipinski definition) is 2. The van der Waals surface area contributed by atoms with Gasteiger partial charge < -0.3 is 15.0 Å². The maximum atomic E-state index is 12.3. The van der Waals surface area contributed by atoms with Crippen LogP contribution in [0.25, 0.3) is 10.9 Å². The van der Waals surface area contributed by atoms with Gasteiger partial charge in [-0.05, 0) is 36.4 Å². The Morgan fingerprint density at radius 2 is 2.28 bits per heavy atom. The largest absolute Gasteiger partial charge is 0.391 e. The lowest BCUT2D eigenvalue weighted by molar-refractivity contribution is 0.0474. The number of nitrogens with zero attached hydrogens (tertiary/aromatic N) is 1. The van der Waals surface area contributed by atoms with Gasteiger partial charge in [-0.2, -0.15) is 0 Å². The number of hydrogen-bond acceptors (Lipinski definition) is 2. The molecular formula is C14H16N2O2. The lowest BCUT2D eigenvalue weighted by Gasteiger charge is -2.30. The zero-order valence-corrected chi connectivity index (χ0v) is 10.1. The van der Waals surface area contributed by atoms with Crippen LogP contribution in [0.5, 0.6) is 0 Å². The molecule has 18 heavy (non-hydrogen) atoms. The molecule has 1 aromatic heterocycles. The number of aromatic amines is 1. The van der Waals surface area contributed by atoms with Gasteiger partial charge in [0, 0.05) is 30.4 Å². The Morgan fingerprint density at radius 1 is 1.39 bits per heavy atom. The number of benzene rings is 1. The Hall–Kier alpha value is -1.81. The molecule has 4 heteroatoms. The molecule has 1 aliphatic heterocycles. The monoisotopic (exact) mass is 244 g/mol. The van der Waals surface area contributed by atoms with E-state index in [2.05, 4.69) is 4.98 Å². The molecule has 4 nitrogen and oxygen atoms in total. The van der Waals surface area contributed by atoms with Crippen molar-refractivity contribution in [1.29, 1.82) is 0 Å². The van der Waals surface area contributed by atoms with Crippen molar-refractivity contribution in [3.05, 3.63) is 36.0 Å². The maximum Gasteiger partial charge on any atom is 0.254 e. The standard InChI is InChI=1S/C14H16N2O2/c17-12-2-1-7-16(9-12)14(18)11-4-3-10-5-6-15-13(10)8-11/h3-6,8,12,15,17H,1-2,7,9H2. The van der Waals surface area contributed by atoms with E-state index in [1.54, 1.807) is 4.90 Å². The summed E-state index contributed by atoms with van der Waals surface area (Å²) in [5.41, 5.74) is 1.65. The van der Waals surface area contributed by atoms with Gasteiger partial charge in [0.25, 0.3) is 5.91 Å². The summed E-state index contributed by atoms with van der Waals surface area (Å²) in [5, 5.41) is 10.7. The quantitative estimate of drug-likeness (QED) is 0.803. The first-order valence-electron chi connectivity index (χ1n) is 6.28. The van der Waals surface area contributed by atoms with Crippen LogP contribution in [0.1, 0.15) is 23.2 Å². The Balaban J connectivity index is 1.86. The van der Waals surface area contributed by atoms with Crippen molar-refractivity contribution in [1.82, 2.24) is 9.88 Å². The smallest absolute Gasteiger partial charge is 0.254 e. The van der Waals surface area contributed by atoms with Crippen LogP contribution in [0, 0.1) is 0 Å². The van der Waals surface area contributed by atoms with E-state index in [4.69, 9.17) is 0 Å². The molecule has 1 atom stereocenters. The van der Waals surface area contributed by atoms with Gasteiger partial charge in [0.1, 0.15) is 0 Å². The number of β-amino-alcohol motifs (C(OH)–C–C–N with tert-alkyl or cyclic N) is 1. The maximum absolute atomic E-state index is 12.3. The highest BCUT2D eigenvalue weighted by molar-refractivity contribution is 5.98. The van der Waals surface area contributed by atoms with Crippen molar-refractivity contribution in [2.75, 3.05) is 13.1 Å². The summed E-state index contributed by atoms with van der Waals surface area (Å²) in [6.45, 7) is 1.18. The van der Waals surface area contributed by atoms with Crippen molar-refractivity contribution in [2.24, 2.45) is 0 Å². The minimum atomic E-state index is -0.378. The molecular weight excluding hydrogens is 228 g/mol. The summed E-state index contributed by atoms with van der Waals surface area (Å²) >= 11 is 0. The number of fused-ring (bicyclic) bond motifs is 1. The van der Waals surface area contributed by atoms with Crippen LogP contribution in [-0.2, 0) is 0 Å². The molecule has 0 aliphatic carbocycles. The number of H-pyrrole nitrogens is 1. The second-order valence-electron chi connectivity index (χ2n) is 4.83. The molecule has 2 N–H and O–H groups in total. The van der Waals surface area contributed by atoms with Crippen LogP contribution >= 0.6 is 0 Å². The average Bonchev–Trinajstić information content (AvgIpc) is 2.85. The molecule has 2 aromatic rings. The van der Waals surface area contributed by atoms with Crippen molar-refractivity contribution >= 4 is 16.8 Å². The Bertz CT molecular complexity index is 576. The first-order chi connectivity index (χ1) is 8.74. The van der Waals surface area contributed by atoms with E-state index in [9.17, 15) is 9.90 Å². The van der Waals surface area contributed by atoms with Crippen LogP contribution in [0.3, 0.4) is 0 Å². The van der Waals surface area contributed by atoms with Gasteiger partial charge in [0.05, 0.1) is 6.10 Å². The molecule has 1 saturated heterocycles. The summed E-state index contributed by atoms with van der Waals surface area (Å²) in [6, 6.07) is 7.64. The van der Waals surface area contributed by atoms with Crippen LogP contribution in [0.4, 0.5) is 0 Å². The number of aliphatic hydroxyl groups excluding tert-OH is 1. The van der Waals surface area contributed by atoms with Crippen molar-refractivity contribution in [2.45, 2.75) is 18.9 Å². The van der Waals surface area contributed by atoms with Gasteiger partial charge in [-0.1, -0.05) is 6.07 Å². The fourth-order valence-corrected chi connectivity index (χ4v) is 2.50. The third kappa shape index (κ3) is 1.99. The minimum absolute atomic E-state index is 0.00486. The number of amides is 1. The Labute approximate surface area is 105 Å². The molecule has 0 spiro atoms. The van der Waals surface area contributed by atoms with Crippen LogP contribution in [0.15, 0.2) is 30.5 Å². The topological polar surface area (TPSA) is 56.3 Å². The first-order valence-corrected chi connectivity index (χ1v) is 6.28. The van der Waals surface area contributed by atoms with Crippen molar-refractivity contribution in [3.63, 3.8) is 0 Å². The summed E-state index contributed by atoms with van der Waals surface area (Å²) in [5.74, 6) is 0.00486. The number of likely N-dealkylation sites (tertiary alicyclic amines) is 1. The van der Waals surface area contributed by atoms with E-state index in [0.29, 0.717) is 12.1 Å². The zero-order chi connectivity index (χ0) is 12.5. The number of carbonyl (C=O) groups is 1. The van der Waals surface area contributed by atoms with Crippen molar-refractivity contribution < 1.29 is 9.90 Å². The van der Waals surface area contributed by atoms with E-state index >= 15 is 0 Å². The average molecular weight is 244 g/mol. The summed E-state index contributed by atoms with van der Waals surface area (Å²) in [7, 11) is 0. The summed E-state index contributed by atoms with van der Waals surface area (Å²) < 4.78 is 0. The van der Waals surface area contributed by atoms with E-state index in [1.807, 2.05) is 30.5 Å². The SMILES string of the molecule is O=C(c1ccc2cc[nH]c2c1)N1CCCC(O)C1.